The first-order valence-corrected chi connectivity index (χ1v) is 7.61. The molecule has 1 N–H and O–H groups in total. The van der Waals surface area contributed by atoms with Crippen LogP contribution in [-0.2, 0) is 4.74 Å². The zero-order chi connectivity index (χ0) is 16.9. The summed E-state index contributed by atoms with van der Waals surface area (Å²) in [6, 6.07) is 22.6. The van der Waals surface area contributed by atoms with E-state index in [0.717, 1.165) is 11.1 Å². The van der Waals surface area contributed by atoms with E-state index in [9.17, 15) is 9.59 Å². The molecule has 0 fully saturated rings. The third-order valence-corrected chi connectivity index (χ3v) is 3.86. The van der Waals surface area contributed by atoms with Gasteiger partial charge in [-0.05, 0) is 17.2 Å². The summed E-state index contributed by atoms with van der Waals surface area (Å²) < 4.78 is 4.75. The largest absolute Gasteiger partial charge is 0.465 e. The highest BCUT2D eigenvalue weighted by Crippen LogP contribution is 2.30. The van der Waals surface area contributed by atoms with Crippen molar-refractivity contribution >= 4 is 5.97 Å². The van der Waals surface area contributed by atoms with Crippen molar-refractivity contribution in [3.8, 4) is 0 Å². The molecule has 0 atom stereocenters. The summed E-state index contributed by atoms with van der Waals surface area (Å²) in [4.78, 5) is 26.7. The Morgan fingerprint density at radius 2 is 1.46 bits per heavy atom. The van der Waals surface area contributed by atoms with Gasteiger partial charge in [0.2, 0.25) is 5.56 Å². The van der Waals surface area contributed by atoms with Crippen LogP contribution in [-0.4, -0.2) is 18.1 Å². The maximum absolute atomic E-state index is 12.0. The molecule has 4 nitrogen and oxygen atoms in total. The van der Waals surface area contributed by atoms with E-state index in [0.29, 0.717) is 5.69 Å². The average Bonchev–Trinajstić information content (AvgIpc) is 2.62. The van der Waals surface area contributed by atoms with Crippen LogP contribution in [0.15, 0.2) is 77.6 Å². The molecule has 24 heavy (non-hydrogen) atoms. The van der Waals surface area contributed by atoms with Crippen molar-refractivity contribution in [1.82, 2.24) is 4.98 Å². The van der Waals surface area contributed by atoms with Gasteiger partial charge in [-0.25, -0.2) is 4.79 Å². The molecule has 0 spiro atoms. The Kier molecular flexibility index (Phi) is 4.57. The highest BCUT2D eigenvalue weighted by atomic mass is 16.5. The number of carbonyl (C=O) groups excluding carboxylic acids is 1. The van der Waals surface area contributed by atoms with Gasteiger partial charge >= 0.3 is 5.97 Å². The Hall–Kier alpha value is -3.14. The van der Waals surface area contributed by atoms with Crippen molar-refractivity contribution < 1.29 is 9.53 Å². The lowest BCUT2D eigenvalue weighted by molar-refractivity contribution is 0.0600. The van der Waals surface area contributed by atoms with Crippen LogP contribution in [0.4, 0.5) is 0 Å². The third-order valence-electron chi connectivity index (χ3n) is 3.86. The van der Waals surface area contributed by atoms with Gasteiger partial charge in [-0.15, -0.1) is 0 Å². The second-order valence-corrected chi connectivity index (χ2v) is 5.43. The Labute approximate surface area is 139 Å². The van der Waals surface area contributed by atoms with Crippen molar-refractivity contribution in [2.75, 3.05) is 7.11 Å². The molecule has 1 heterocycles. The number of benzene rings is 2. The maximum Gasteiger partial charge on any atom is 0.338 e. The first-order valence-electron chi connectivity index (χ1n) is 7.61. The zero-order valence-electron chi connectivity index (χ0n) is 13.2. The number of aromatic nitrogens is 1. The second kappa shape index (κ2) is 6.96. The molecule has 0 amide bonds. The number of H-pyrrole nitrogens is 1. The van der Waals surface area contributed by atoms with Crippen LogP contribution in [0, 0.1) is 0 Å². The van der Waals surface area contributed by atoms with Gasteiger partial charge in [-0.1, -0.05) is 60.7 Å². The quantitative estimate of drug-likeness (QED) is 0.750. The van der Waals surface area contributed by atoms with Gasteiger partial charge < -0.3 is 9.72 Å². The molecular formula is C20H17NO3. The number of rotatable bonds is 4. The monoisotopic (exact) mass is 319 g/mol. The normalized spacial score (nSPS) is 10.6. The summed E-state index contributed by atoms with van der Waals surface area (Å²) >= 11 is 0. The number of esters is 1. The minimum Gasteiger partial charge on any atom is -0.465 e. The van der Waals surface area contributed by atoms with Crippen molar-refractivity contribution in [3.63, 3.8) is 0 Å². The van der Waals surface area contributed by atoms with Crippen LogP contribution >= 0.6 is 0 Å². The Balaban J connectivity index is 2.18. The molecular weight excluding hydrogens is 302 g/mol. The summed E-state index contributed by atoms with van der Waals surface area (Å²) in [5.74, 6) is -0.702. The maximum atomic E-state index is 12.0. The van der Waals surface area contributed by atoms with Crippen LogP contribution in [0.1, 0.15) is 33.1 Å². The topological polar surface area (TPSA) is 59.2 Å². The van der Waals surface area contributed by atoms with Crippen molar-refractivity contribution in [2.45, 2.75) is 5.92 Å². The summed E-state index contributed by atoms with van der Waals surface area (Å²) in [6.07, 6.45) is 0. The first kappa shape index (κ1) is 15.7. The molecule has 0 bridgehead atoms. The predicted molar refractivity (Wildman–Crippen MR) is 92.2 cm³/mol. The lowest BCUT2D eigenvalue weighted by atomic mass is 9.87. The van der Waals surface area contributed by atoms with E-state index in [1.165, 1.54) is 13.2 Å². The number of hydrogen-bond acceptors (Lipinski definition) is 3. The van der Waals surface area contributed by atoms with Gasteiger partial charge in [0.25, 0.3) is 0 Å². The molecule has 1 aromatic heterocycles. The van der Waals surface area contributed by atoms with Gasteiger partial charge in [0.05, 0.1) is 12.7 Å². The van der Waals surface area contributed by atoms with E-state index in [2.05, 4.69) is 4.98 Å². The fourth-order valence-corrected chi connectivity index (χ4v) is 2.80. The highest BCUT2D eigenvalue weighted by molar-refractivity contribution is 5.89. The molecule has 0 aliphatic carbocycles. The fraction of sp³-hybridized carbons (Fsp3) is 0.100. The number of carbonyl (C=O) groups is 1. The molecule has 0 unspecified atom stereocenters. The zero-order valence-corrected chi connectivity index (χ0v) is 13.2. The van der Waals surface area contributed by atoms with Crippen LogP contribution in [0.5, 0.6) is 0 Å². The van der Waals surface area contributed by atoms with E-state index < -0.39 is 5.97 Å². The number of nitrogens with one attached hydrogen (secondary N) is 1. The molecule has 4 heteroatoms. The molecule has 0 saturated carbocycles. The lowest BCUT2D eigenvalue weighted by Gasteiger charge is -2.19. The average molecular weight is 319 g/mol. The van der Waals surface area contributed by atoms with E-state index in [1.807, 2.05) is 60.7 Å². The second-order valence-electron chi connectivity index (χ2n) is 5.43. The summed E-state index contributed by atoms with van der Waals surface area (Å²) in [5, 5.41) is 0. The summed E-state index contributed by atoms with van der Waals surface area (Å²) in [5.41, 5.74) is 2.63. The Bertz CT molecular complexity index is 846. The Morgan fingerprint density at radius 1 is 0.917 bits per heavy atom. The van der Waals surface area contributed by atoms with Crippen LogP contribution in [0.2, 0.25) is 0 Å². The van der Waals surface area contributed by atoms with Gasteiger partial charge in [-0.3, -0.25) is 4.79 Å². The summed E-state index contributed by atoms with van der Waals surface area (Å²) in [7, 11) is 1.30. The molecule has 0 radical (unpaired) electrons. The van der Waals surface area contributed by atoms with Gasteiger partial charge in [0, 0.05) is 17.7 Å². The van der Waals surface area contributed by atoms with E-state index >= 15 is 0 Å². The number of methoxy groups -OCH3 is 1. The lowest BCUT2D eigenvalue weighted by Crippen LogP contribution is -2.16. The molecule has 0 saturated heterocycles. The van der Waals surface area contributed by atoms with Crippen molar-refractivity contribution in [2.24, 2.45) is 0 Å². The molecule has 0 aliphatic rings. The van der Waals surface area contributed by atoms with Crippen LogP contribution in [0.25, 0.3) is 0 Å². The van der Waals surface area contributed by atoms with Gasteiger partial charge in [-0.2, -0.15) is 0 Å². The van der Waals surface area contributed by atoms with Crippen molar-refractivity contribution in [3.05, 3.63) is 106 Å². The first-order chi connectivity index (χ1) is 11.7. The minimum absolute atomic E-state index is 0.176. The predicted octanol–water partition coefficient (Wildman–Crippen LogP) is 3.34. The molecule has 3 rings (SSSR count). The SMILES string of the molecule is COC(=O)c1cc(C(c2ccccc2)c2ccccc2)[nH]c(=O)c1. The van der Waals surface area contributed by atoms with E-state index in [4.69, 9.17) is 4.74 Å². The minimum atomic E-state index is -0.526. The van der Waals surface area contributed by atoms with Crippen LogP contribution < -0.4 is 5.56 Å². The highest BCUT2D eigenvalue weighted by Gasteiger charge is 2.19. The fourth-order valence-electron chi connectivity index (χ4n) is 2.80. The number of hydrogen-bond donors (Lipinski definition) is 1. The van der Waals surface area contributed by atoms with Gasteiger partial charge in [0.15, 0.2) is 0 Å². The van der Waals surface area contributed by atoms with Crippen LogP contribution in [0.3, 0.4) is 0 Å². The number of pyridine rings is 1. The van der Waals surface area contributed by atoms with E-state index in [1.54, 1.807) is 6.07 Å². The van der Waals surface area contributed by atoms with E-state index in [-0.39, 0.29) is 17.0 Å². The smallest absolute Gasteiger partial charge is 0.338 e. The van der Waals surface area contributed by atoms with Gasteiger partial charge in [0.1, 0.15) is 0 Å². The summed E-state index contributed by atoms with van der Waals surface area (Å²) in [6.45, 7) is 0. The molecule has 3 aromatic rings. The third kappa shape index (κ3) is 3.27. The molecule has 0 aliphatic heterocycles. The number of aromatic amines is 1. The van der Waals surface area contributed by atoms with Crippen molar-refractivity contribution in [1.29, 1.82) is 0 Å². The standard InChI is InChI=1S/C20H17NO3/c1-24-20(23)16-12-17(21-18(22)13-16)19(14-8-4-2-5-9-14)15-10-6-3-7-11-15/h2-13,19H,1H3,(H,21,22). The Morgan fingerprint density at radius 3 is 1.96 bits per heavy atom. The number of ether oxygens (including phenoxy) is 1. The molecule has 2 aromatic carbocycles. The molecule has 120 valence electrons.